The zero-order chi connectivity index (χ0) is 14.0. The number of nitrogens with one attached hydrogen (secondary N) is 1. The van der Waals surface area contributed by atoms with Crippen LogP contribution in [-0.2, 0) is 6.54 Å². The van der Waals surface area contributed by atoms with Crippen LogP contribution in [0.3, 0.4) is 0 Å². The second kappa shape index (κ2) is 5.87. The Bertz CT molecular complexity index is 432. The van der Waals surface area contributed by atoms with Gasteiger partial charge in [-0.25, -0.2) is 9.97 Å². The van der Waals surface area contributed by atoms with Gasteiger partial charge >= 0.3 is 0 Å². The number of aromatic nitrogens is 2. The van der Waals surface area contributed by atoms with Gasteiger partial charge in [-0.15, -0.1) is 0 Å². The van der Waals surface area contributed by atoms with Crippen molar-refractivity contribution in [2.75, 3.05) is 18.5 Å². The van der Waals surface area contributed by atoms with Crippen molar-refractivity contribution in [1.29, 1.82) is 0 Å². The summed E-state index contributed by atoms with van der Waals surface area (Å²) < 4.78 is 0. The van der Waals surface area contributed by atoms with Crippen LogP contribution in [0, 0.1) is 18.8 Å². The molecule has 0 aliphatic carbocycles. The first-order valence-electron chi connectivity index (χ1n) is 7.26. The van der Waals surface area contributed by atoms with Gasteiger partial charge in [-0.1, -0.05) is 13.8 Å². The van der Waals surface area contributed by atoms with Gasteiger partial charge < -0.3 is 10.2 Å². The van der Waals surface area contributed by atoms with Crippen molar-refractivity contribution < 1.29 is 0 Å². The summed E-state index contributed by atoms with van der Waals surface area (Å²) in [6.45, 7) is 10.9. The van der Waals surface area contributed by atoms with Crippen LogP contribution in [-0.4, -0.2) is 29.6 Å². The highest BCUT2D eigenvalue weighted by atomic mass is 15.3. The molecule has 0 amide bonds. The lowest BCUT2D eigenvalue weighted by Gasteiger charge is -2.41. The van der Waals surface area contributed by atoms with Crippen molar-refractivity contribution in [1.82, 2.24) is 15.3 Å². The molecule has 1 aromatic heterocycles. The van der Waals surface area contributed by atoms with Crippen molar-refractivity contribution in [3.63, 3.8) is 0 Å². The third-order valence-corrected chi connectivity index (χ3v) is 4.29. The Morgan fingerprint density at radius 1 is 1.37 bits per heavy atom. The molecule has 3 atom stereocenters. The first kappa shape index (κ1) is 14.3. The molecule has 2 heterocycles. The maximum atomic E-state index is 4.71. The van der Waals surface area contributed by atoms with E-state index in [9.17, 15) is 0 Å². The summed E-state index contributed by atoms with van der Waals surface area (Å²) in [5, 5.41) is 3.15. The lowest BCUT2D eigenvalue weighted by Crippen LogP contribution is -2.46. The number of anilines is 1. The van der Waals surface area contributed by atoms with Crippen molar-refractivity contribution in [3.8, 4) is 0 Å². The van der Waals surface area contributed by atoms with Gasteiger partial charge in [-0.05, 0) is 39.2 Å². The minimum absolute atomic E-state index is 0.519. The van der Waals surface area contributed by atoms with E-state index in [0.717, 1.165) is 24.7 Å². The van der Waals surface area contributed by atoms with E-state index in [0.29, 0.717) is 17.9 Å². The lowest BCUT2D eigenvalue weighted by atomic mass is 9.86. The molecule has 0 radical (unpaired) electrons. The average molecular weight is 262 g/mol. The van der Waals surface area contributed by atoms with Crippen LogP contribution in [0.15, 0.2) is 6.20 Å². The van der Waals surface area contributed by atoms with Gasteiger partial charge in [-0.2, -0.15) is 0 Å². The van der Waals surface area contributed by atoms with Gasteiger partial charge in [0.15, 0.2) is 0 Å². The summed E-state index contributed by atoms with van der Waals surface area (Å²) in [5.74, 6) is 2.31. The van der Waals surface area contributed by atoms with Gasteiger partial charge in [0, 0.05) is 36.6 Å². The fourth-order valence-corrected chi connectivity index (χ4v) is 2.96. The van der Waals surface area contributed by atoms with E-state index in [2.05, 4.69) is 42.9 Å². The molecule has 4 nitrogen and oxygen atoms in total. The molecule has 1 saturated heterocycles. The van der Waals surface area contributed by atoms with Crippen LogP contribution in [0.2, 0.25) is 0 Å². The molecule has 1 N–H and O–H groups in total. The molecule has 19 heavy (non-hydrogen) atoms. The molecule has 1 aliphatic rings. The smallest absolute Gasteiger partial charge is 0.225 e. The molecule has 0 bridgehead atoms. The Balaban J connectivity index is 2.23. The first-order chi connectivity index (χ1) is 9.02. The van der Waals surface area contributed by atoms with E-state index in [-0.39, 0.29) is 0 Å². The molecule has 0 spiro atoms. The maximum Gasteiger partial charge on any atom is 0.225 e. The molecular formula is C15H26N4. The molecule has 0 saturated carbocycles. The molecule has 2 rings (SSSR count). The van der Waals surface area contributed by atoms with E-state index in [4.69, 9.17) is 4.98 Å². The number of hydrogen-bond acceptors (Lipinski definition) is 4. The highest BCUT2D eigenvalue weighted by Gasteiger charge is 2.30. The lowest BCUT2D eigenvalue weighted by molar-refractivity contribution is 0.293. The van der Waals surface area contributed by atoms with Crippen LogP contribution >= 0.6 is 0 Å². The second-order valence-electron chi connectivity index (χ2n) is 6.02. The van der Waals surface area contributed by atoms with Crippen molar-refractivity contribution in [2.45, 2.75) is 46.7 Å². The Labute approximate surface area is 116 Å². The van der Waals surface area contributed by atoms with Crippen molar-refractivity contribution in [3.05, 3.63) is 17.5 Å². The molecule has 1 aromatic rings. The minimum atomic E-state index is 0.519. The maximum absolute atomic E-state index is 4.71. The fourth-order valence-electron chi connectivity index (χ4n) is 2.96. The summed E-state index contributed by atoms with van der Waals surface area (Å²) in [5.41, 5.74) is 2.26. The number of hydrogen-bond donors (Lipinski definition) is 1. The zero-order valence-electron chi connectivity index (χ0n) is 12.8. The summed E-state index contributed by atoms with van der Waals surface area (Å²) >= 11 is 0. The topological polar surface area (TPSA) is 41.1 Å². The van der Waals surface area contributed by atoms with Crippen LogP contribution in [0.1, 0.15) is 38.4 Å². The Morgan fingerprint density at radius 2 is 2.11 bits per heavy atom. The van der Waals surface area contributed by atoms with Gasteiger partial charge in [0.05, 0.1) is 0 Å². The SMILES string of the molecule is CNCc1cnc(N2CC(C)CC(C)C2C)nc1C. The quantitative estimate of drug-likeness (QED) is 0.908. The van der Waals surface area contributed by atoms with E-state index < -0.39 is 0 Å². The molecule has 106 valence electrons. The molecule has 0 aromatic carbocycles. The van der Waals surface area contributed by atoms with Crippen LogP contribution in [0.5, 0.6) is 0 Å². The number of rotatable bonds is 3. The fraction of sp³-hybridized carbons (Fsp3) is 0.733. The highest BCUT2D eigenvalue weighted by Crippen LogP contribution is 2.29. The van der Waals surface area contributed by atoms with Crippen LogP contribution < -0.4 is 10.2 Å². The molecular weight excluding hydrogens is 236 g/mol. The Kier molecular flexibility index (Phi) is 4.40. The summed E-state index contributed by atoms with van der Waals surface area (Å²) in [6, 6.07) is 0.519. The van der Waals surface area contributed by atoms with E-state index >= 15 is 0 Å². The Hall–Kier alpha value is -1.16. The average Bonchev–Trinajstić information content (AvgIpc) is 2.36. The van der Waals surface area contributed by atoms with Gasteiger partial charge in [-0.3, -0.25) is 0 Å². The van der Waals surface area contributed by atoms with Crippen LogP contribution in [0.25, 0.3) is 0 Å². The Morgan fingerprint density at radius 3 is 2.74 bits per heavy atom. The van der Waals surface area contributed by atoms with Gasteiger partial charge in [0.25, 0.3) is 0 Å². The highest BCUT2D eigenvalue weighted by molar-refractivity contribution is 5.35. The molecule has 4 heteroatoms. The standard InChI is InChI=1S/C15H26N4/c1-10-6-11(2)13(4)19(9-10)15-17-8-14(7-16-5)12(3)18-15/h8,10-11,13,16H,6-7,9H2,1-5H3. The second-order valence-corrected chi connectivity index (χ2v) is 6.02. The number of aryl methyl sites for hydroxylation is 1. The van der Waals surface area contributed by atoms with E-state index in [1.54, 1.807) is 0 Å². The first-order valence-corrected chi connectivity index (χ1v) is 7.26. The molecule has 1 fully saturated rings. The minimum Gasteiger partial charge on any atom is -0.338 e. The third-order valence-electron chi connectivity index (χ3n) is 4.29. The monoisotopic (exact) mass is 262 g/mol. The van der Waals surface area contributed by atoms with Gasteiger partial charge in [0.1, 0.15) is 0 Å². The summed E-state index contributed by atoms with van der Waals surface area (Å²) in [6.07, 6.45) is 3.26. The number of nitrogens with zero attached hydrogens (tertiary/aromatic N) is 3. The van der Waals surface area contributed by atoms with E-state index in [1.165, 1.54) is 12.0 Å². The normalized spacial score (nSPS) is 27.6. The zero-order valence-corrected chi connectivity index (χ0v) is 12.8. The predicted molar refractivity (Wildman–Crippen MR) is 79.3 cm³/mol. The van der Waals surface area contributed by atoms with Crippen molar-refractivity contribution >= 4 is 5.95 Å². The summed E-state index contributed by atoms with van der Waals surface area (Å²) in [7, 11) is 1.95. The van der Waals surface area contributed by atoms with Gasteiger partial charge in [0.2, 0.25) is 5.95 Å². The summed E-state index contributed by atoms with van der Waals surface area (Å²) in [4.78, 5) is 11.7. The predicted octanol–water partition coefficient (Wildman–Crippen LogP) is 2.38. The van der Waals surface area contributed by atoms with Crippen LogP contribution in [0.4, 0.5) is 5.95 Å². The van der Waals surface area contributed by atoms with Crippen molar-refractivity contribution in [2.24, 2.45) is 11.8 Å². The number of piperidine rings is 1. The van der Waals surface area contributed by atoms with E-state index in [1.807, 2.05) is 13.2 Å². The third kappa shape index (κ3) is 3.06. The largest absolute Gasteiger partial charge is 0.338 e. The molecule has 3 unspecified atom stereocenters. The molecule has 1 aliphatic heterocycles.